The van der Waals surface area contributed by atoms with Gasteiger partial charge in [-0.1, -0.05) is 51.5 Å². The Morgan fingerprint density at radius 1 is 0.971 bits per heavy atom. The van der Waals surface area contributed by atoms with Crippen molar-refractivity contribution in [1.82, 2.24) is 4.98 Å². The van der Waals surface area contributed by atoms with Gasteiger partial charge in [0.05, 0.1) is 0 Å². The first-order chi connectivity index (χ1) is 15.6. The largest absolute Gasteiger partial charge is 0.511 e. The zero-order chi connectivity index (χ0) is 23.8. The van der Waals surface area contributed by atoms with E-state index in [9.17, 15) is 9.90 Å². The summed E-state index contributed by atoms with van der Waals surface area (Å²) >= 11 is 0. The molecule has 1 aromatic heterocycles. The van der Waals surface area contributed by atoms with Crippen LogP contribution in [0.4, 0.5) is 0 Å². The van der Waals surface area contributed by atoms with Crippen LogP contribution in [-0.2, 0) is 24.9 Å². The zero-order valence-corrected chi connectivity index (χ0v) is 23.1. The predicted molar refractivity (Wildman–Crippen MR) is 135 cm³/mol. The molecule has 1 fully saturated rings. The minimum Gasteiger partial charge on any atom is -0.511 e. The van der Waals surface area contributed by atoms with Crippen molar-refractivity contribution >= 4 is 16.6 Å². The Labute approximate surface area is 217 Å². The first-order valence-corrected chi connectivity index (χ1v) is 11.9. The van der Waals surface area contributed by atoms with Gasteiger partial charge >= 0.3 is 0 Å². The van der Waals surface area contributed by atoms with Gasteiger partial charge in [-0.25, -0.2) is 0 Å². The minimum absolute atomic E-state index is 0. The smallest absolute Gasteiger partial charge is 0.168 e. The van der Waals surface area contributed by atoms with Crippen molar-refractivity contribution in [2.75, 3.05) is 0 Å². The summed E-state index contributed by atoms with van der Waals surface area (Å²) in [6.45, 7) is 10.1. The van der Waals surface area contributed by atoms with E-state index in [1.54, 1.807) is 0 Å². The number of nitrogens with zero attached hydrogens (tertiary/aromatic N) is 1. The van der Waals surface area contributed by atoms with E-state index in [1.807, 2.05) is 58.2 Å². The number of carbonyl (C=O) groups is 1. The number of pyridine rings is 1. The number of aromatic nitrogens is 1. The van der Waals surface area contributed by atoms with Gasteiger partial charge in [-0.05, 0) is 61.1 Å². The maximum atomic E-state index is 12.4. The van der Waals surface area contributed by atoms with E-state index < -0.39 is 0 Å². The maximum absolute atomic E-state index is 12.4. The predicted octanol–water partition coefficient (Wildman–Crippen LogP) is 7.63. The number of fused-ring (bicyclic) bond motifs is 2. The van der Waals surface area contributed by atoms with Crippen molar-refractivity contribution in [3.8, 4) is 11.3 Å². The average molecular weight is 633 g/mol. The van der Waals surface area contributed by atoms with Gasteiger partial charge in [0.15, 0.2) is 5.78 Å². The van der Waals surface area contributed by atoms with Crippen LogP contribution in [0.3, 0.4) is 0 Å². The first kappa shape index (κ1) is 26.3. The van der Waals surface area contributed by atoms with Crippen LogP contribution in [0.25, 0.3) is 22.0 Å². The molecule has 1 heterocycles. The number of aryl methyl sites for hydroxylation is 1. The Bertz CT molecular complexity index is 1210. The molecule has 0 amide bonds. The molecule has 3 aromatic rings. The number of hydrogen-bond donors (Lipinski definition) is 1. The van der Waals surface area contributed by atoms with Gasteiger partial charge in [-0.3, -0.25) is 4.79 Å². The normalized spacial score (nSPS) is 20.6. The van der Waals surface area contributed by atoms with Crippen LogP contribution in [0, 0.1) is 29.7 Å². The molecule has 0 spiro atoms. The zero-order valence-electron chi connectivity index (χ0n) is 20.7. The van der Waals surface area contributed by atoms with Crippen LogP contribution in [-0.4, -0.2) is 15.9 Å². The SMILES string of the molecule is CC1(C)CCC2CCC(C)(C)C(O)=C2C1=O.Cc1ccc2cc(-c3[c-]cccc3)ncc2c1.[Ir]. The number of hydrogen-bond acceptors (Lipinski definition) is 3. The molecule has 1 radical (unpaired) electrons. The van der Waals surface area contributed by atoms with Gasteiger partial charge in [-0.15, -0.1) is 35.9 Å². The van der Waals surface area contributed by atoms with Crippen molar-refractivity contribution in [1.29, 1.82) is 0 Å². The molecule has 1 N–H and O–H groups in total. The molecule has 1 saturated carbocycles. The summed E-state index contributed by atoms with van der Waals surface area (Å²) in [5.41, 5.74) is 3.52. The number of rotatable bonds is 1. The third kappa shape index (κ3) is 5.34. The Hall–Kier alpha value is -2.29. The van der Waals surface area contributed by atoms with Crippen LogP contribution in [0.2, 0.25) is 0 Å². The van der Waals surface area contributed by atoms with Gasteiger partial charge in [0, 0.05) is 42.7 Å². The van der Waals surface area contributed by atoms with E-state index in [4.69, 9.17) is 0 Å². The van der Waals surface area contributed by atoms with E-state index in [0.717, 1.165) is 42.5 Å². The second-order valence-corrected chi connectivity index (χ2v) is 10.8. The quantitative estimate of drug-likeness (QED) is 0.281. The molecule has 4 heteroatoms. The molecule has 0 saturated heterocycles. The van der Waals surface area contributed by atoms with Gasteiger partial charge in [0.25, 0.3) is 0 Å². The standard InChI is InChI=1S/C16H12N.C14H22O2.Ir/c1-12-7-8-14-10-16(17-11-15(14)9-12)13-5-3-2-4-6-13;1-13(2)7-5-9-6-8-14(3,4)12(16)10(9)11(13)15;/h2-5,7-11H,1H3;9,15H,5-8H2,1-4H3;/q-1;;. The third-order valence-electron chi connectivity index (χ3n) is 7.26. The Morgan fingerprint density at radius 2 is 1.68 bits per heavy atom. The molecule has 3 nitrogen and oxygen atoms in total. The average Bonchev–Trinajstić information content (AvgIpc) is 2.79. The summed E-state index contributed by atoms with van der Waals surface area (Å²) in [6.07, 6.45) is 5.97. The molecule has 2 aromatic carbocycles. The van der Waals surface area contributed by atoms with Crippen molar-refractivity contribution in [2.24, 2.45) is 16.7 Å². The monoisotopic (exact) mass is 633 g/mol. The number of benzene rings is 2. The Morgan fingerprint density at radius 3 is 2.35 bits per heavy atom. The topological polar surface area (TPSA) is 50.2 Å². The number of Topliss-reactive ketones (excluding diaryl/α,β-unsaturated/α-hetero) is 1. The van der Waals surface area contributed by atoms with Crippen molar-refractivity contribution < 1.29 is 30.0 Å². The second-order valence-electron chi connectivity index (χ2n) is 10.8. The molecule has 1 unspecified atom stereocenters. The number of ketones is 1. The number of aliphatic hydroxyl groups is 1. The summed E-state index contributed by atoms with van der Waals surface area (Å²) in [5, 5.41) is 12.7. The van der Waals surface area contributed by atoms with Crippen LogP contribution in [0.1, 0.15) is 58.9 Å². The molecular formula is C30H34IrNO2-. The van der Waals surface area contributed by atoms with Gasteiger partial charge in [0.2, 0.25) is 0 Å². The first-order valence-electron chi connectivity index (χ1n) is 11.9. The summed E-state index contributed by atoms with van der Waals surface area (Å²) in [6, 6.07) is 19.6. The van der Waals surface area contributed by atoms with Crippen molar-refractivity contribution in [3.63, 3.8) is 0 Å². The van der Waals surface area contributed by atoms with Crippen molar-refractivity contribution in [3.05, 3.63) is 77.7 Å². The second kappa shape index (κ2) is 10.1. The van der Waals surface area contributed by atoms with Gasteiger partial charge < -0.3 is 10.1 Å². The molecule has 181 valence electrons. The maximum Gasteiger partial charge on any atom is 0.168 e. The minimum atomic E-state index is -0.284. The molecular weight excluding hydrogens is 599 g/mol. The summed E-state index contributed by atoms with van der Waals surface area (Å²) in [5.74, 6) is 0.851. The molecule has 0 bridgehead atoms. The van der Waals surface area contributed by atoms with E-state index in [0.29, 0.717) is 11.7 Å². The van der Waals surface area contributed by atoms with E-state index in [1.165, 1.54) is 16.3 Å². The Balaban J connectivity index is 0.000000186. The summed E-state index contributed by atoms with van der Waals surface area (Å²) in [4.78, 5) is 16.8. The molecule has 5 rings (SSSR count). The van der Waals surface area contributed by atoms with E-state index in [-0.39, 0.29) is 36.7 Å². The summed E-state index contributed by atoms with van der Waals surface area (Å²) in [7, 11) is 0. The van der Waals surface area contributed by atoms with Crippen LogP contribution >= 0.6 is 0 Å². The molecule has 0 aliphatic heterocycles. The molecule has 2 aliphatic rings. The molecule has 34 heavy (non-hydrogen) atoms. The van der Waals surface area contributed by atoms with Crippen LogP contribution < -0.4 is 0 Å². The fourth-order valence-electron chi connectivity index (χ4n) is 4.91. The molecule has 2 aliphatic carbocycles. The number of allylic oxidation sites excluding steroid dienone is 2. The number of aliphatic hydroxyl groups excluding tert-OH is 1. The molecule has 1 atom stereocenters. The Kier molecular flexibility index (Phi) is 7.85. The van der Waals surface area contributed by atoms with Crippen LogP contribution in [0.5, 0.6) is 0 Å². The number of carbonyl (C=O) groups excluding carboxylic acids is 1. The summed E-state index contributed by atoms with van der Waals surface area (Å²) < 4.78 is 0. The fraction of sp³-hybridized carbons (Fsp3) is 0.400. The van der Waals surface area contributed by atoms with Gasteiger partial charge in [-0.2, -0.15) is 0 Å². The van der Waals surface area contributed by atoms with Gasteiger partial charge in [0.1, 0.15) is 5.76 Å². The van der Waals surface area contributed by atoms with E-state index >= 15 is 0 Å². The van der Waals surface area contributed by atoms with Crippen LogP contribution in [0.15, 0.2) is 66.1 Å². The third-order valence-corrected chi connectivity index (χ3v) is 7.26. The fourth-order valence-corrected chi connectivity index (χ4v) is 4.91. The van der Waals surface area contributed by atoms with Crippen molar-refractivity contribution in [2.45, 2.75) is 60.3 Å². The van der Waals surface area contributed by atoms with E-state index in [2.05, 4.69) is 42.2 Å².